The molecule has 9 heteroatoms. The van der Waals surface area contributed by atoms with Crippen molar-refractivity contribution in [1.82, 2.24) is 4.72 Å². The van der Waals surface area contributed by atoms with Crippen LogP contribution in [0.3, 0.4) is 0 Å². The molecule has 0 aliphatic carbocycles. The lowest BCUT2D eigenvalue weighted by molar-refractivity contribution is -0.116. The topological polar surface area (TPSA) is 96.5 Å². The van der Waals surface area contributed by atoms with Crippen LogP contribution in [-0.4, -0.2) is 18.8 Å². The SMILES string of the molecule is O=C(CI)NS(=O)(=O)Oc1c(Nc2ccccc2)ccc2cc(Nc3ccccc3)ccc12. The molecular weight excluding hydrogens is 553 g/mol. The Morgan fingerprint density at radius 1 is 0.788 bits per heavy atom. The van der Waals surface area contributed by atoms with E-state index in [-0.39, 0.29) is 10.2 Å². The predicted octanol–water partition coefficient (Wildman–Crippen LogP) is 5.50. The number of carbonyl (C=O) groups excluding carboxylic acids is 1. The number of benzene rings is 4. The summed E-state index contributed by atoms with van der Waals surface area (Å²) in [4.78, 5) is 11.7. The van der Waals surface area contributed by atoms with Crippen LogP contribution in [0.5, 0.6) is 5.75 Å². The van der Waals surface area contributed by atoms with Crippen molar-refractivity contribution in [2.45, 2.75) is 0 Å². The maximum atomic E-state index is 12.5. The Bertz CT molecular complexity index is 1380. The standard InChI is InChI=1S/C24H20IN3O4S/c25-16-23(29)28-33(30,31)32-24-21-13-12-20(26-18-7-3-1-4-8-18)15-17(21)11-14-22(24)27-19-9-5-2-6-10-19/h1-15,26-27H,16H2,(H,28,29). The third-order valence-corrected chi connectivity index (χ3v) is 6.20. The molecule has 3 N–H and O–H groups in total. The average Bonchev–Trinajstić information content (AvgIpc) is 2.81. The van der Waals surface area contributed by atoms with Crippen LogP contribution in [0.4, 0.5) is 22.7 Å². The number of anilines is 4. The summed E-state index contributed by atoms with van der Waals surface area (Å²) < 4.78 is 32.4. The summed E-state index contributed by atoms with van der Waals surface area (Å²) in [5.41, 5.74) is 2.98. The first-order valence-corrected chi connectivity index (χ1v) is 12.9. The fourth-order valence-corrected chi connectivity index (χ4v) is 4.47. The number of fused-ring (bicyclic) bond motifs is 1. The fourth-order valence-electron chi connectivity index (χ4n) is 3.23. The van der Waals surface area contributed by atoms with E-state index in [4.69, 9.17) is 4.18 Å². The molecule has 0 bridgehead atoms. The third-order valence-electron chi connectivity index (χ3n) is 4.64. The zero-order valence-electron chi connectivity index (χ0n) is 17.3. The smallest absolute Gasteiger partial charge is 0.364 e. The van der Waals surface area contributed by atoms with Gasteiger partial charge in [-0.25, -0.2) is 4.72 Å². The molecule has 168 valence electrons. The normalized spacial score (nSPS) is 11.1. The minimum absolute atomic E-state index is 0.0144. The van der Waals surface area contributed by atoms with Crippen LogP contribution in [0.2, 0.25) is 0 Å². The lowest BCUT2D eigenvalue weighted by atomic mass is 10.1. The number of alkyl halides is 1. The maximum absolute atomic E-state index is 12.5. The number of para-hydroxylation sites is 2. The third kappa shape index (κ3) is 5.93. The van der Waals surface area contributed by atoms with E-state index in [1.807, 2.05) is 83.6 Å². The van der Waals surface area contributed by atoms with Crippen molar-refractivity contribution in [3.8, 4) is 5.75 Å². The Balaban J connectivity index is 1.75. The minimum atomic E-state index is -4.37. The molecule has 0 spiro atoms. The molecule has 33 heavy (non-hydrogen) atoms. The quantitative estimate of drug-likeness (QED) is 0.190. The second-order valence-electron chi connectivity index (χ2n) is 7.06. The van der Waals surface area contributed by atoms with Crippen LogP contribution in [0.25, 0.3) is 10.8 Å². The largest absolute Gasteiger partial charge is 0.409 e. The monoisotopic (exact) mass is 573 g/mol. The van der Waals surface area contributed by atoms with Gasteiger partial charge < -0.3 is 14.8 Å². The van der Waals surface area contributed by atoms with E-state index in [9.17, 15) is 13.2 Å². The zero-order chi connectivity index (χ0) is 23.3. The summed E-state index contributed by atoms with van der Waals surface area (Å²) in [6.07, 6.45) is 0. The second-order valence-corrected chi connectivity index (χ2v) is 9.10. The summed E-state index contributed by atoms with van der Waals surface area (Å²) in [5.74, 6) is -0.570. The van der Waals surface area contributed by atoms with E-state index < -0.39 is 16.2 Å². The van der Waals surface area contributed by atoms with Crippen LogP contribution in [-0.2, 0) is 15.1 Å². The molecule has 0 saturated heterocycles. The minimum Gasteiger partial charge on any atom is -0.364 e. The molecule has 0 unspecified atom stereocenters. The number of amides is 1. The maximum Gasteiger partial charge on any atom is 0.409 e. The predicted molar refractivity (Wildman–Crippen MR) is 140 cm³/mol. The van der Waals surface area contributed by atoms with Gasteiger partial charge in [0.15, 0.2) is 5.75 Å². The van der Waals surface area contributed by atoms with Gasteiger partial charge in [-0.1, -0.05) is 65.1 Å². The van der Waals surface area contributed by atoms with Gasteiger partial charge >= 0.3 is 10.3 Å². The molecule has 0 aliphatic heterocycles. The van der Waals surface area contributed by atoms with Gasteiger partial charge in [-0.15, -0.1) is 0 Å². The Hall–Kier alpha value is -3.31. The highest BCUT2D eigenvalue weighted by atomic mass is 127. The van der Waals surface area contributed by atoms with Gasteiger partial charge in [0.2, 0.25) is 5.91 Å². The number of nitrogens with one attached hydrogen (secondary N) is 3. The molecule has 4 aromatic rings. The number of hydrogen-bond donors (Lipinski definition) is 3. The van der Waals surface area contributed by atoms with Gasteiger partial charge in [-0.2, -0.15) is 8.42 Å². The molecular formula is C24H20IN3O4S. The molecule has 0 saturated carbocycles. The van der Waals surface area contributed by atoms with E-state index >= 15 is 0 Å². The molecule has 0 heterocycles. The van der Waals surface area contributed by atoms with Crippen LogP contribution >= 0.6 is 22.6 Å². The molecule has 4 aromatic carbocycles. The van der Waals surface area contributed by atoms with Crippen molar-refractivity contribution in [2.24, 2.45) is 0 Å². The number of rotatable bonds is 8. The highest BCUT2D eigenvalue weighted by Crippen LogP contribution is 2.38. The number of carbonyl (C=O) groups is 1. The Morgan fingerprint density at radius 2 is 1.42 bits per heavy atom. The van der Waals surface area contributed by atoms with E-state index in [0.717, 1.165) is 22.4 Å². The first-order valence-electron chi connectivity index (χ1n) is 9.95. The Morgan fingerprint density at radius 3 is 2.06 bits per heavy atom. The summed E-state index contributed by atoms with van der Waals surface area (Å²) in [7, 11) is -4.37. The highest BCUT2D eigenvalue weighted by Gasteiger charge is 2.20. The molecule has 7 nitrogen and oxygen atoms in total. The van der Waals surface area contributed by atoms with E-state index in [0.29, 0.717) is 11.1 Å². The zero-order valence-corrected chi connectivity index (χ0v) is 20.3. The van der Waals surface area contributed by atoms with Crippen molar-refractivity contribution in [1.29, 1.82) is 0 Å². The summed E-state index contributed by atoms with van der Waals surface area (Å²) >= 11 is 1.78. The first kappa shape index (κ1) is 22.9. The van der Waals surface area contributed by atoms with Crippen molar-refractivity contribution < 1.29 is 17.4 Å². The molecule has 0 aromatic heterocycles. The summed E-state index contributed by atoms with van der Waals surface area (Å²) in [6, 6.07) is 28.2. The van der Waals surface area contributed by atoms with Gasteiger partial charge in [0, 0.05) is 22.4 Å². The van der Waals surface area contributed by atoms with Gasteiger partial charge in [0.05, 0.1) is 10.1 Å². The van der Waals surface area contributed by atoms with E-state index in [1.54, 1.807) is 34.7 Å². The molecule has 0 aliphatic rings. The van der Waals surface area contributed by atoms with Gasteiger partial charge in [0.25, 0.3) is 0 Å². The van der Waals surface area contributed by atoms with Crippen LogP contribution < -0.4 is 19.5 Å². The van der Waals surface area contributed by atoms with Gasteiger partial charge in [-0.05, 0) is 53.9 Å². The fraction of sp³-hybridized carbons (Fsp3) is 0.0417. The highest BCUT2D eigenvalue weighted by molar-refractivity contribution is 14.1. The second kappa shape index (κ2) is 10.1. The van der Waals surface area contributed by atoms with E-state index in [1.165, 1.54) is 0 Å². The first-order chi connectivity index (χ1) is 15.9. The molecule has 0 atom stereocenters. The van der Waals surface area contributed by atoms with Crippen LogP contribution in [0, 0.1) is 0 Å². The van der Waals surface area contributed by atoms with Crippen molar-refractivity contribution in [2.75, 3.05) is 15.1 Å². The van der Waals surface area contributed by atoms with Gasteiger partial charge in [-0.3, -0.25) is 4.79 Å². The van der Waals surface area contributed by atoms with Crippen molar-refractivity contribution in [3.63, 3.8) is 0 Å². The average molecular weight is 573 g/mol. The van der Waals surface area contributed by atoms with Crippen molar-refractivity contribution in [3.05, 3.63) is 91.0 Å². The number of halogens is 1. The van der Waals surface area contributed by atoms with Crippen LogP contribution in [0.15, 0.2) is 91.0 Å². The number of hydrogen-bond acceptors (Lipinski definition) is 6. The Labute approximate surface area is 205 Å². The molecule has 0 radical (unpaired) electrons. The van der Waals surface area contributed by atoms with Gasteiger partial charge in [0.1, 0.15) is 0 Å². The summed E-state index contributed by atoms with van der Waals surface area (Å²) in [6.45, 7) is 0. The van der Waals surface area contributed by atoms with Crippen LogP contribution in [0.1, 0.15) is 0 Å². The summed E-state index contributed by atoms with van der Waals surface area (Å²) in [5, 5.41) is 7.84. The lowest BCUT2D eigenvalue weighted by Gasteiger charge is -2.16. The lowest BCUT2D eigenvalue weighted by Crippen LogP contribution is -2.34. The van der Waals surface area contributed by atoms with E-state index in [2.05, 4.69) is 10.6 Å². The Kier molecular flexibility index (Phi) is 6.99. The molecule has 4 rings (SSSR count). The molecule has 0 fully saturated rings. The molecule has 1 amide bonds. The van der Waals surface area contributed by atoms with Crippen molar-refractivity contribution >= 4 is 72.3 Å².